The Kier molecular flexibility index (Phi) is 3.87. The third kappa shape index (κ3) is 3.40. The van der Waals surface area contributed by atoms with Gasteiger partial charge in [-0.15, -0.1) is 11.3 Å². The maximum absolute atomic E-state index is 2.22. The first-order valence-electron chi connectivity index (χ1n) is 5.00. The van der Waals surface area contributed by atoms with Gasteiger partial charge in [0.25, 0.3) is 0 Å². The summed E-state index contributed by atoms with van der Waals surface area (Å²) in [5.74, 6) is 2.24. The summed E-state index contributed by atoms with van der Waals surface area (Å²) in [6.07, 6.45) is 0. The van der Waals surface area contributed by atoms with E-state index in [1.807, 2.05) is 23.1 Å². The van der Waals surface area contributed by atoms with Crippen LogP contribution in [0.3, 0.4) is 0 Å². The van der Waals surface area contributed by atoms with Crippen LogP contribution in [0.2, 0.25) is 0 Å². The fraction of sp³-hybridized carbons (Fsp3) is 0.231. The molecule has 0 N–H and O–H groups in total. The average molecular weight is 234 g/mol. The molecule has 2 aromatic rings. The first kappa shape index (κ1) is 10.8. The van der Waals surface area contributed by atoms with Crippen molar-refractivity contribution < 1.29 is 0 Å². The minimum absolute atomic E-state index is 1.11. The van der Waals surface area contributed by atoms with Crippen molar-refractivity contribution in [3.05, 3.63) is 57.8 Å². The van der Waals surface area contributed by atoms with Crippen molar-refractivity contribution in [2.75, 3.05) is 0 Å². The Labute approximate surface area is 99.3 Å². The summed E-state index contributed by atoms with van der Waals surface area (Å²) in [6, 6.07) is 13.1. The number of benzene rings is 1. The van der Waals surface area contributed by atoms with Crippen LogP contribution in [0.25, 0.3) is 0 Å². The van der Waals surface area contributed by atoms with Crippen molar-refractivity contribution in [1.29, 1.82) is 0 Å². The van der Waals surface area contributed by atoms with Gasteiger partial charge in [-0.1, -0.05) is 35.9 Å². The summed E-state index contributed by atoms with van der Waals surface area (Å²) in [6.45, 7) is 2.13. The molecule has 0 unspecified atom stereocenters. The minimum Gasteiger partial charge on any atom is -0.152 e. The van der Waals surface area contributed by atoms with Crippen LogP contribution in [0.15, 0.2) is 41.8 Å². The third-order valence-electron chi connectivity index (χ3n) is 2.21. The average Bonchev–Trinajstić information content (AvgIpc) is 2.74. The predicted octanol–water partition coefficient (Wildman–Crippen LogP) is 4.49. The molecule has 0 aliphatic rings. The zero-order valence-corrected chi connectivity index (χ0v) is 10.4. The van der Waals surface area contributed by atoms with Gasteiger partial charge in [-0.2, -0.15) is 11.8 Å². The molecular formula is C13H14S2. The van der Waals surface area contributed by atoms with E-state index in [0.29, 0.717) is 0 Å². The molecule has 0 bridgehead atoms. The molecule has 78 valence electrons. The van der Waals surface area contributed by atoms with Crippen LogP contribution in [0.5, 0.6) is 0 Å². The van der Waals surface area contributed by atoms with Crippen molar-refractivity contribution in [1.82, 2.24) is 0 Å². The molecule has 1 aromatic heterocycles. The molecule has 2 heteroatoms. The Morgan fingerprint density at radius 1 is 1.07 bits per heavy atom. The van der Waals surface area contributed by atoms with E-state index in [1.54, 1.807) is 0 Å². The van der Waals surface area contributed by atoms with Crippen LogP contribution < -0.4 is 0 Å². The summed E-state index contributed by atoms with van der Waals surface area (Å²) in [5.41, 5.74) is 2.75. The van der Waals surface area contributed by atoms with Gasteiger partial charge < -0.3 is 0 Å². The molecule has 0 nitrogen and oxygen atoms in total. The summed E-state index contributed by atoms with van der Waals surface area (Å²) in [4.78, 5) is 1.46. The maximum Gasteiger partial charge on any atom is 0.0282 e. The van der Waals surface area contributed by atoms with Crippen LogP contribution >= 0.6 is 23.1 Å². The number of thioether (sulfide) groups is 1. The maximum atomic E-state index is 2.22. The van der Waals surface area contributed by atoms with Crippen molar-refractivity contribution in [3.63, 3.8) is 0 Å². The molecule has 0 spiro atoms. The Bertz CT molecular complexity index is 387. The first-order chi connectivity index (χ1) is 7.34. The molecule has 0 aliphatic heterocycles. The van der Waals surface area contributed by atoms with Gasteiger partial charge in [0, 0.05) is 16.4 Å². The highest BCUT2D eigenvalue weighted by atomic mass is 32.2. The molecule has 0 saturated carbocycles. The molecule has 0 radical (unpaired) electrons. The number of hydrogen-bond acceptors (Lipinski definition) is 2. The zero-order valence-electron chi connectivity index (χ0n) is 8.77. The predicted molar refractivity (Wildman–Crippen MR) is 70.5 cm³/mol. The SMILES string of the molecule is Cc1ccc(CSCc2cccs2)cc1. The quantitative estimate of drug-likeness (QED) is 0.751. The second-order valence-corrected chi connectivity index (χ2v) is 5.58. The van der Waals surface area contributed by atoms with Crippen LogP contribution in [-0.2, 0) is 11.5 Å². The van der Waals surface area contributed by atoms with Crippen molar-refractivity contribution >= 4 is 23.1 Å². The van der Waals surface area contributed by atoms with Crippen LogP contribution in [0.4, 0.5) is 0 Å². The van der Waals surface area contributed by atoms with E-state index in [9.17, 15) is 0 Å². The number of aryl methyl sites for hydroxylation is 1. The fourth-order valence-electron chi connectivity index (χ4n) is 1.35. The van der Waals surface area contributed by atoms with E-state index in [0.717, 1.165) is 11.5 Å². The van der Waals surface area contributed by atoms with Crippen molar-refractivity contribution in [2.45, 2.75) is 18.4 Å². The van der Waals surface area contributed by atoms with Gasteiger partial charge in [0.05, 0.1) is 0 Å². The first-order valence-corrected chi connectivity index (χ1v) is 7.04. The smallest absolute Gasteiger partial charge is 0.0282 e. The molecule has 0 saturated heterocycles. The summed E-state index contributed by atoms with van der Waals surface area (Å²) in [5, 5.41) is 2.14. The summed E-state index contributed by atoms with van der Waals surface area (Å²) >= 11 is 3.82. The van der Waals surface area contributed by atoms with Gasteiger partial charge >= 0.3 is 0 Å². The highest BCUT2D eigenvalue weighted by Gasteiger charge is 1.96. The molecule has 0 atom stereocenters. The lowest BCUT2D eigenvalue weighted by Gasteiger charge is -2.01. The van der Waals surface area contributed by atoms with Crippen LogP contribution in [-0.4, -0.2) is 0 Å². The Balaban J connectivity index is 1.81. The second-order valence-electron chi connectivity index (χ2n) is 3.56. The van der Waals surface area contributed by atoms with E-state index in [2.05, 4.69) is 48.7 Å². The van der Waals surface area contributed by atoms with Gasteiger partial charge in [-0.05, 0) is 23.9 Å². The molecule has 0 aliphatic carbocycles. The highest BCUT2D eigenvalue weighted by Crippen LogP contribution is 2.20. The monoisotopic (exact) mass is 234 g/mol. The lowest BCUT2D eigenvalue weighted by molar-refractivity contribution is 1.36. The summed E-state index contributed by atoms with van der Waals surface area (Å²) < 4.78 is 0. The molecule has 2 rings (SSSR count). The number of thiophene rings is 1. The van der Waals surface area contributed by atoms with E-state index < -0.39 is 0 Å². The summed E-state index contributed by atoms with van der Waals surface area (Å²) in [7, 11) is 0. The van der Waals surface area contributed by atoms with E-state index in [1.165, 1.54) is 16.0 Å². The molecular weight excluding hydrogens is 220 g/mol. The Morgan fingerprint density at radius 3 is 2.53 bits per heavy atom. The topological polar surface area (TPSA) is 0 Å². The molecule has 1 heterocycles. The Hall–Kier alpha value is -0.730. The normalized spacial score (nSPS) is 10.5. The second kappa shape index (κ2) is 5.38. The van der Waals surface area contributed by atoms with Gasteiger partial charge in [0.15, 0.2) is 0 Å². The molecule has 15 heavy (non-hydrogen) atoms. The van der Waals surface area contributed by atoms with Gasteiger partial charge in [0.2, 0.25) is 0 Å². The number of rotatable bonds is 4. The van der Waals surface area contributed by atoms with Crippen molar-refractivity contribution in [3.8, 4) is 0 Å². The van der Waals surface area contributed by atoms with Crippen LogP contribution in [0.1, 0.15) is 16.0 Å². The zero-order chi connectivity index (χ0) is 10.5. The largest absolute Gasteiger partial charge is 0.152 e. The number of hydrogen-bond donors (Lipinski definition) is 0. The highest BCUT2D eigenvalue weighted by molar-refractivity contribution is 7.97. The van der Waals surface area contributed by atoms with E-state index in [4.69, 9.17) is 0 Å². The Morgan fingerprint density at radius 2 is 1.87 bits per heavy atom. The van der Waals surface area contributed by atoms with Crippen molar-refractivity contribution in [2.24, 2.45) is 0 Å². The third-order valence-corrected chi connectivity index (χ3v) is 4.33. The van der Waals surface area contributed by atoms with Gasteiger partial charge in [0.1, 0.15) is 0 Å². The lowest BCUT2D eigenvalue weighted by atomic mass is 10.2. The fourth-order valence-corrected chi connectivity index (χ4v) is 3.19. The van der Waals surface area contributed by atoms with E-state index in [-0.39, 0.29) is 0 Å². The molecule has 1 aromatic carbocycles. The molecule has 0 fully saturated rings. The molecule has 0 amide bonds. The van der Waals surface area contributed by atoms with Gasteiger partial charge in [-0.25, -0.2) is 0 Å². The van der Waals surface area contributed by atoms with Crippen LogP contribution in [0, 0.1) is 6.92 Å². The lowest BCUT2D eigenvalue weighted by Crippen LogP contribution is -1.81. The van der Waals surface area contributed by atoms with E-state index >= 15 is 0 Å². The van der Waals surface area contributed by atoms with Gasteiger partial charge in [-0.3, -0.25) is 0 Å². The standard InChI is InChI=1S/C13H14S2/c1-11-4-6-12(7-5-11)9-14-10-13-3-2-8-15-13/h2-8H,9-10H2,1H3. The minimum atomic E-state index is 1.11.